The van der Waals surface area contributed by atoms with Crippen molar-refractivity contribution in [2.24, 2.45) is 5.92 Å². The summed E-state index contributed by atoms with van der Waals surface area (Å²) in [5.41, 5.74) is 1.23. The van der Waals surface area contributed by atoms with Crippen LogP contribution in [0.5, 0.6) is 0 Å². The summed E-state index contributed by atoms with van der Waals surface area (Å²) in [6, 6.07) is 5.83. The average Bonchev–Trinajstić information content (AvgIpc) is 3.26. The molecule has 0 bridgehead atoms. The zero-order chi connectivity index (χ0) is 17.1. The van der Waals surface area contributed by atoms with Crippen LogP contribution in [0.25, 0.3) is 0 Å². The third-order valence-corrected chi connectivity index (χ3v) is 6.38. The maximum Gasteiger partial charge on any atom is 0.263 e. The van der Waals surface area contributed by atoms with Gasteiger partial charge in [-0.1, -0.05) is 6.07 Å². The van der Waals surface area contributed by atoms with Crippen LogP contribution in [-0.4, -0.2) is 41.8 Å². The first-order valence-corrected chi connectivity index (χ1v) is 9.93. The molecular formula is C18H22N2O2S2. The van der Waals surface area contributed by atoms with Gasteiger partial charge in [-0.25, -0.2) is 0 Å². The molecule has 1 aliphatic rings. The van der Waals surface area contributed by atoms with Crippen LogP contribution in [0.4, 0.5) is 0 Å². The highest BCUT2D eigenvalue weighted by Crippen LogP contribution is 2.23. The van der Waals surface area contributed by atoms with Crippen LogP contribution in [0.2, 0.25) is 0 Å². The van der Waals surface area contributed by atoms with Crippen molar-refractivity contribution < 1.29 is 9.59 Å². The molecule has 4 nitrogen and oxygen atoms in total. The van der Waals surface area contributed by atoms with E-state index in [4.69, 9.17) is 0 Å². The van der Waals surface area contributed by atoms with Crippen LogP contribution in [0.15, 0.2) is 29.0 Å². The van der Waals surface area contributed by atoms with Gasteiger partial charge in [0.15, 0.2) is 0 Å². The highest BCUT2D eigenvalue weighted by atomic mass is 32.1. The predicted molar refractivity (Wildman–Crippen MR) is 98.5 cm³/mol. The van der Waals surface area contributed by atoms with E-state index >= 15 is 0 Å². The molecule has 0 aliphatic carbocycles. The summed E-state index contributed by atoms with van der Waals surface area (Å²) in [6.07, 6.45) is 1.75. The Morgan fingerprint density at radius 1 is 1.29 bits per heavy atom. The summed E-state index contributed by atoms with van der Waals surface area (Å²) >= 11 is 3.15. The van der Waals surface area contributed by atoms with Crippen LogP contribution in [0.3, 0.4) is 0 Å². The topological polar surface area (TPSA) is 40.6 Å². The Morgan fingerprint density at radius 2 is 2.12 bits per heavy atom. The summed E-state index contributed by atoms with van der Waals surface area (Å²) in [7, 11) is 1.86. The number of likely N-dealkylation sites (tertiary alicyclic amines) is 1. The van der Waals surface area contributed by atoms with Gasteiger partial charge in [0.25, 0.3) is 5.91 Å². The molecule has 0 N–H and O–H groups in total. The van der Waals surface area contributed by atoms with Crippen molar-refractivity contribution >= 4 is 34.5 Å². The first kappa shape index (κ1) is 17.2. The molecule has 1 saturated heterocycles. The lowest BCUT2D eigenvalue weighted by atomic mass is 9.96. The lowest BCUT2D eigenvalue weighted by Crippen LogP contribution is -2.45. The van der Waals surface area contributed by atoms with Gasteiger partial charge < -0.3 is 9.80 Å². The number of nitrogens with zero attached hydrogens (tertiary/aromatic N) is 2. The van der Waals surface area contributed by atoms with Gasteiger partial charge in [-0.2, -0.15) is 0 Å². The van der Waals surface area contributed by atoms with Crippen LogP contribution in [0.1, 0.15) is 33.0 Å². The molecular weight excluding hydrogens is 340 g/mol. The van der Waals surface area contributed by atoms with E-state index in [1.165, 1.54) is 21.8 Å². The molecule has 0 radical (unpaired) electrons. The quantitative estimate of drug-likeness (QED) is 0.833. The first-order chi connectivity index (χ1) is 11.6. The van der Waals surface area contributed by atoms with Crippen molar-refractivity contribution in [3.8, 4) is 0 Å². The van der Waals surface area contributed by atoms with Crippen molar-refractivity contribution in [2.75, 3.05) is 20.1 Å². The summed E-state index contributed by atoms with van der Waals surface area (Å²) in [5.74, 6) is 0.110. The number of piperidine rings is 1. The summed E-state index contributed by atoms with van der Waals surface area (Å²) < 4.78 is 0. The second kappa shape index (κ2) is 7.49. The smallest absolute Gasteiger partial charge is 0.263 e. The maximum absolute atomic E-state index is 12.8. The standard InChI is InChI=1S/C18H22N2O2S2/c1-13-7-10-24-16(13)12-19(2)17(21)14-5-3-8-20(11-14)18(22)15-6-4-9-23-15/h4,6-7,9-10,14H,3,5,8,11-12H2,1-2H3. The number of amides is 2. The number of aryl methyl sites for hydroxylation is 1. The molecule has 6 heteroatoms. The zero-order valence-electron chi connectivity index (χ0n) is 14.0. The Labute approximate surface area is 150 Å². The molecule has 1 aliphatic heterocycles. The molecule has 24 heavy (non-hydrogen) atoms. The lowest BCUT2D eigenvalue weighted by molar-refractivity contribution is -0.136. The number of carbonyl (C=O) groups is 2. The number of hydrogen-bond acceptors (Lipinski definition) is 4. The van der Waals surface area contributed by atoms with Gasteiger partial charge in [0.1, 0.15) is 0 Å². The lowest BCUT2D eigenvalue weighted by Gasteiger charge is -2.33. The summed E-state index contributed by atoms with van der Waals surface area (Å²) in [4.78, 5) is 30.9. The van der Waals surface area contributed by atoms with Crippen molar-refractivity contribution in [2.45, 2.75) is 26.3 Å². The third-order valence-electron chi connectivity index (χ3n) is 4.51. The van der Waals surface area contributed by atoms with E-state index in [1.54, 1.807) is 11.3 Å². The molecule has 0 spiro atoms. The summed E-state index contributed by atoms with van der Waals surface area (Å²) in [5, 5.41) is 3.97. The van der Waals surface area contributed by atoms with Crippen molar-refractivity contribution in [3.05, 3.63) is 44.3 Å². The molecule has 1 fully saturated rings. The fourth-order valence-corrected chi connectivity index (χ4v) is 4.74. The highest BCUT2D eigenvalue weighted by molar-refractivity contribution is 7.12. The van der Waals surface area contributed by atoms with Crippen LogP contribution in [-0.2, 0) is 11.3 Å². The van der Waals surface area contributed by atoms with Crippen molar-refractivity contribution in [3.63, 3.8) is 0 Å². The average molecular weight is 363 g/mol. The Hall–Kier alpha value is -1.66. The third kappa shape index (κ3) is 3.70. The molecule has 3 heterocycles. The molecule has 0 saturated carbocycles. The van der Waals surface area contributed by atoms with Gasteiger partial charge >= 0.3 is 0 Å². The van der Waals surface area contributed by atoms with E-state index in [0.29, 0.717) is 13.1 Å². The van der Waals surface area contributed by atoms with Crippen LogP contribution < -0.4 is 0 Å². The van der Waals surface area contributed by atoms with E-state index in [-0.39, 0.29) is 17.7 Å². The Balaban J connectivity index is 1.62. The monoisotopic (exact) mass is 362 g/mol. The van der Waals surface area contributed by atoms with E-state index in [2.05, 4.69) is 18.4 Å². The van der Waals surface area contributed by atoms with E-state index in [9.17, 15) is 9.59 Å². The predicted octanol–water partition coefficient (Wildman–Crippen LogP) is 3.63. The molecule has 3 rings (SSSR count). The molecule has 128 valence electrons. The number of carbonyl (C=O) groups excluding carboxylic acids is 2. The van der Waals surface area contributed by atoms with E-state index < -0.39 is 0 Å². The largest absolute Gasteiger partial charge is 0.340 e. The minimum absolute atomic E-state index is 0.0549. The second-order valence-corrected chi connectivity index (χ2v) is 8.24. The maximum atomic E-state index is 12.8. The van der Waals surface area contributed by atoms with Crippen molar-refractivity contribution in [1.29, 1.82) is 0 Å². The van der Waals surface area contributed by atoms with Gasteiger partial charge in [0.2, 0.25) is 5.91 Å². The minimum atomic E-state index is -0.0899. The van der Waals surface area contributed by atoms with Gasteiger partial charge in [0, 0.05) is 25.0 Å². The van der Waals surface area contributed by atoms with Crippen molar-refractivity contribution in [1.82, 2.24) is 9.80 Å². The number of hydrogen-bond donors (Lipinski definition) is 0. The molecule has 1 unspecified atom stereocenters. The molecule has 2 aromatic heterocycles. The zero-order valence-corrected chi connectivity index (χ0v) is 15.7. The van der Waals surface area contributed by atoms with Gasteiger partial charge in [-0.05, 0) is 48.2 Å². The highest BCUT2D eigenvalue weighted by Gasteiger charge is 2.31. The van der Waals surface area contributed by atoms with Crippen LogP contribution >= 0.6 is 22.7 Å². The molecule has 0 aromatic carbocycles. The fraction of sp³-hybridized carbons (Fsp3) is 0.444. The number of thiophene rings is 2. The van der Waals surface area contributed by atoms with E-state index in [0.717, 1.165) is 24.3 Å². The molecule has 1 atom stereocenters. The van der Waals surface area contributed by atoms with Gasteiger partial charge in [-0.15, -0.1) is 22.7 Å². The van der Waals surface area contributed by atoms with Gasteiger partial charge in [-0.3, -0.25) is 9.59 Å². The van der Waals surface area contributed by atoms with E-state index in [1.807, 2.05) is 34.4 Å². The minimum Gasteiger partial charge on any atom is -0.340 e. The SMILES string of the molecule is Cc1ccsc1CN(C)C(=O)C1CCCN(C(=O)c2cccs2)C1. The van der Waals surface area contributed by atoms with Gasteiger partial charge in [0.05, 0.1) is 17.3 Å². The normalized spacial score (nSPS) is 17.8. The number of rotatable bonds is 4. The van der Waals surface area contributed by atoms with Crippen LogP contribution in [0, 0.1) is 12.8 Å². The molecule has 2 aromatic rings. The molecule has 2 amide bonds. The Morgan fingerprint density at radius 3 is 2.79 bits per heavy atom. The summed E-state index contributed by atoms with van der Waals surface area (Å²) in [6.45, 7) is 4.00. The second-order valence-electron chi connectivity index (χ2n) is 6.29. The Bertz CT molecular complexity index is 708. The fourth-order valence-electron chi connectivity index (χ4n) is 3.09. The first-order valence-electron chi connectivity index (χ1n) is 8.17. The Kier molecular flexibility index (Phi) is 5.36.